The third-order valence-corrected chi connectivity index (χ3v) is 3.66. The van der Waals surface area contributed by atoms with E-state index in [0.717, 1.165) is 0 Å². The van der Waals surface area contributed by atoms with Gasteiger partial charge in [-0.2, -0.15) is 4.62 Å². The second-order valence-corrected chi connectivity index (χ2v) is 5.66. The van der Waals surface area contributed by atoms with E-state index in [1.165, 1.54) is 12.1 Å². The van der Waals surface area contributed by atoms with E-state index in [-0.39, 0.29) is 24.1 Å². The highest BCUT2D eigenvalue weighted by atomic mass is 31.1. The monoisotopic (exact) mass is 342 g/mol. The van der Waals surface area contributed by atoms with Crippen molar-refractivity contribution >= 4 is 18.9 Å². The minimum atomic E-state index is -2.74. The van der Waals surface area contributed by atoms with E-state index < -0.39 is 19.9 Å². The molecule has 0 amide bonds. The minimum Gasteiger partial charge on any atom is -0.857 e. The lowest BCUT2D eigenvalue weighted by Gasteiger charge is -2.07. The van der Waals surface area contributed by atoms with Crippen LogP contribution >= 0.6 is 8.17 Å². The summed E-state index contributed by atoms with van der Waals surface area (Å²) < 4.78 is 4.86. The number of aromatic nitrogens is 1. The third-order valence-electron chi connectivity index (χ3n) is 3.35. The van der Waals surface area contributed by atoms with Gasteiger partial charge in [0.2, 0.25) is 5.88 Å². The van der Waals surface area contributed by atoms with Gasteiger partial charge < -0.3 is 30.6 Å². The van der Waals surface area contributed by atoms with Gasteiger partial charge >= 0.3 is 8.17 Å². The Morgan fingerprint density at radius 3 is 2.48 bits per heavy atom. The zero-order chi connectivity index (χ0) is 17.0. The molecule has 1 fully saturated rings. The summed E-state index contributed by atoms with van der Waals surface area (Å²) in [6, 6.07) is 6.45. The number of rotatable bonds is 3. The molecule has 0 aliphatic carbocycles. The van der Waals surface area contributed by atoms with Gasteiger partial charge in [0, 0.05) is 23.9 Å². The Kier molecular flexibility index (Phi) is 5.75. The summed E-state index contributed by atoms with van der Waals surface area (Å²) in [5.74, 6) is -1.06. The van der Waals surface area contributed by atoms with E-state index in [9.17, 15) is 15.1 Å². The molecule has 3 rings (SSSR count). The van der Waals surface area contributed by atoms with Gasteiger partial charge in [0.25, 0.3) is 0 Å². The molecule has 1 aromatic heterocycles. The predicted octanol–water partition coefficient (Wildman–Crippen LogP) is -1.01. The van der Waals surface area contributed by atoms with Crippen molar-refractivity contribution in [1.82, 2.24) is 10.0 Å². The van der Waals surface area contributed by atoms with E-state index in [2.05, 4.69) is 9.94 Å². The van der Waals surface area contributed by atoms with Crippen LogP contribution in [0.1, 0.15) is 6.42 Å². The lowest BCUT2D eigenvalue weighted by atomic mass is 10.2. The van der Waals surface area contributed by atoms with Crippen LogP contribution in [0.25, 0.3) is 10.8 Å². The Balaban J connectivity index is 0.000000203. The Morgan fingerprint density at radius 2 is 2.04 bits per heavy atom. The summed E-state index contributed by atoms with van der Waals surface area (Å²) in [4.78, 5) is 10.5. The van der Waals surface area contributed by atoms with Gasteiger partial charge in [-0.1, -0.05) is 23.4 Å². The summed E-state index contributed by atoms with van der Waals surface area (Å²) in [7, 11) is -2.74. The number of hydrogen-bond acceptors (Lipinski definition) is 8. The van der Waals surface area contributed by atoms with Crippen LogP contribution in [0, 0.1) is 5.16 Å². The maximum absolute atomic E-state index is 11.6. The first-order valence-electron chi connectivity index (χ1n) is 6.82. The number of aromatic hydroxyl groups is 1. The lowest BCUT2D eigenvalue weighted by molar-refractivity contribution is -0.284. The first-order chi connectivity index (χ1) is 10.9. The van der Waals surface area contributed by atoms with Crippen molar-refractivity contribution in [3.05, 3.63) is 24.3 Å². The van der Waals surface area contributed by atoms with Gasteiger partial charge in [-0.15, -0.1) is 4.73 Å². The highest BCUT2D eigenvalue weighted by Crippen LogP contribution is 2.34. The zero-order valence-electron chi connectivity index (χ0n) is 12.0. The van der Waals surface area contributed by atoms with E-state index in [4.69, 9.17) is 15.4 Å². The van der Waals surface area contributed by atoms with Crippen molar-refractivity contribution in [2.75, 3.05) is 13.2 Å². The van der Waals surface area contributed by atoms with Crippen molar-refractivity contribution in [2.24, 2.45) is 0 Å². The number of fused-ring (bicyclic) bond motifs is 1. The number of benzene rings is 1. The molecule has 0 radical (unpaired) electrons. The van der Waals surface area contributed by atoms with Crippen LogP contribution in [-0.4, -0.2) is 45.3 Å². The van der Waals surface area contributed by atoms with Crippen molar-refractivity contribution in [3.8, 4) is 11.8 Å². The molecular weight excluding hydrogens is 325 g/mol. The number of hydrogen-bond donors (Lipinski definition) is 5. The Hall–Kier alpha value is -1.90. The molecule has 23 heavy (non-hydrogen) atoms. The van der Waals surface area contributed by atoms with Crippen LogP contribution in [0.3, 0.4) is 0 Å². The molecule has 10 heteroatoms. The van der Waals surface area contributed by atoms with E-state index in [1.54, 1.807) is 12.1 Å². The zero-order valence-corrected chi connectivity index (χ0v) is 12.9. The number of nitrogens with one attached hydrogen (secondary N) is 2. The molecular formula is C13H17N3O6P-. The Bertz CT molecular complexity index is 653. The molecule has 5 N–H and O–H groups in total. The largest absolute Gasteiger partial charge is 0.857 e. The number of aliphatic hydroxyl groups is 2. The van der Waals surface area contributed by atoms with Crippen molar-refractivity contribution in [1.29, 1.82) is 5.16 Å². The molecule has 9 nitrogen and oxygen atoms in total. The summed E-state index contributed by atoms with van der Waals surface area (Å²) in [6.07, 6.45) is 0.448. The highest BCUT2D eigenvalue weighted by molar-refractivity contribution is 7.32. The highest BCUT2D eigenvalue weighted by Gasteiger charge is 2.20. The number of aliphatic hydroxyl groups excluding tert-OH is 2. The molecule has 0 spiro atoms. The average Bonchev–Trinajstić information content (AvgIpc) is 3.06. The smallest absolute Gasteiger partial charge is 0.424 e. The van der Waals surface area contributed by atoms with Gasteiger partial charge in [0.15, 0.2) is 0 Å². The van der Waals surface area contributed by atoms with Crippen LogP contribution in [0.2, 0.25) is 0 Å². The van der Waals surface area contributed by atoms with Crippen LogP contribution in [-0.2, 0) is 0 Å². The minimum absolute atomic E-state index is 0.130. The van der Waals surface area contributed by atoms with Gasteiger partial charge in [-0.3, -0.25) is 0 Å². The standard InChI is InChI=1S/C8H7N2O4P.C5H11NO2/c9-15(13)14-10-7(11)5-3-1-2-4-6(5)8(10)12;7-3-4-1-5(8)2-6-4/h1-4,9,11-12H;4-8H,1-3H2/p-1/t;4-,5?/m.0/s1. The van der Waals surface area contributed by atoms with Gasteiger partial charge in [-0.25, -0.2) is 0 Å². The molecule has 3 atom stereocenters. The Labute approximate surface area is 132 Å². The third kappa shape index (κ3) is 4.10. The molecule has 1 aliphatic heterocycles. The first kappa shape index (κ1) is 17.5. The van der Waals surface area contributed by atoms with Crippen LogP contribution in [0.5, 0.6) is 11.8 Å². The first-order valence-corrected chi connectivity index (χ1v) is 8.00. The number of β-amino-alcohol motifs (C(OH)–C–C–N with tert-alkyl or cyclic N) is 1. The fraction of sp³-hybridized carbons (Fsp3) is 0.385. The summed E-state index contributed by atoms with van der Waals surface area (Å²) in [5.41, 5.74) is 0. The topological polar surface area (TPSA) is 157 Å². The van der Waals surface area contributed by atoms with Gasteiger partial charge in [-0.05, 0) is 17.9 Å². The molecule has 2 unspecified atom stereocenters. The molecule has 0 bridgehead atoms. The second kappa shape index (κ2) is 7.58. The quantitative estimate of drug-likeness (QED) is 0.447. The van der Waals surface area contributed by atoms with Crippen LogP contribution in [0.15, 0.2) is 24.3 Å². The van der Waals surface area contributed by atoms with Crippen LogP contribution < -0.4 is 19.9 Å². The fourth-order valence-electron chi connectivity index (χ4n) is 2.27. The average molecular weight is 342 g/mol. The maximum Gasteiger partial charge on any atom is 0.424 e. The molecule has 1 aliphatic rings. The molecule has 2 aromatic rings. The summed E-state index contributed by atoms with van der Waals surface area (Å²) in [6.45, 7) is 0.766. The molecule has 0 saturated carbocycles. The maximum atomic E-state index is 11.6. The predicted molar refractivity (Wildman–Crippen MR) is 78.8 cm³/mol. The van der Waals surface area contributed by atoms with E-state index in [0.29, 0.717) is 23.1 Å². The number of nitrogens with zero attached hydrogens (tertiary/aromatic N) is 1. The lowest BCUT2D eigenvalue weighted by Crippen LogP contribution is -2.24. The Morgan fingerprint density at radius 1 is 1.39 bits per heavy atom. The fourth-order valence-corrected chi connectivity index (χ4v) is 2.57. The summed E-state index contributed by atoms with van der Waals surface area (Å²) >= 11 is 0. The van der Waals surface area contributed by atoms with E-state index >= 15 is 0 Å². The molecule has 1 aromatic carbocycles. The molecule has 1 saturated heterocycles. The van der Waals surface area contributed by atoms with Crippen molar-refractivity contribution in [3.63, 3.8) is 0 Å². The van der Waals surface area contributed by atoms with Gasteiger partial charge in [0.05, 0.1) is 12.7 Å². The molecule has 2 heterocycles. The second-order valence-electron chi connectivity index (χ2n) is 4.98. The summed E-state index contributed by atoms with van der Waals surface area (Å²) in [5, 5.41) is 48.7. The van der Waals surface area contributed by atoms with Gasteiger partial charge in [0.1, 0.15) is 0 Å². The van der Waals surface area contributed by atoms with Crippen LogP contribution in [0.4, 0.5) is 0 Å². The normalized spacial score (nSPS) is 20.9. The SMILES string of the molecule is N=[P+]([O-])On1c([O-])c2ccccc2c1O.OC[C@@H]1CC(O)CN1. The molecule has 126 valence electrons. The van der Waals surface area contributed by atoms with Crippen molar-refractivity contribution in [2.45, 2.75) is 18.6 Å². The van der Waals surface area contributed by atoms with E-state index in [1.807, 2.05) is 0 Å². The van der Waals surface area contributed by atoms with Crippen molar-refractivity contribution < 1.29 is 29.9 Å².